The number of nitrogens with zero attached hydrogens (tertiary/aromatic N) is 2. The van der Waals surface area contributed by atoms with Crippen molar-refractivity contribution in [1.82, 2.24) is 15.4 Å². The van der Waals surface area contributed by atoms with Crippen LogP contribution in [-0.4, -0.2) is 43.1 Å². The van der Waals surface area contributed by atoms with E-state index >= 15 is 0 Å². The smallest absolute Gasteiger partial charge is 0.351 e. The van der Waals surface area contributed by atoms with E-state index in [0.717, 1.165) is 43.7 Å². The van der Waals surface area contributed by atoms with Gasteiger partial charge in [0.1, 0.15) is 5.69 Å². The molecule has 0 aromatic carbocycles. The minimum Gasteiger partial charge on any atom is -0.351 e. The highest BCUT2D eigenvalue weighted by Crippen LogP contribution is 2.38. The first kappa shape index (κ1) is 23.7. The molecule has 154 valence electrons. The van der Waals surface area contributed by atoms with Gasteiger partial charge in [0.05, 0.1) is 9.75 Å². The largest absolute Gasteiger partial charge is 0.452 e. The summed E-state index contributed by atoms with van der Waals surface area (Å²) in [5.74, 6) is -1.16. The van der Waals surface area contributed by atoms with Crippen LogP contribution in [-0.2, 0) is 6.18 Å². The Morgan fingerprint density at radius 3 is 2.29 bits per heavy atom. The molecule has 2 aromatic heterocycles. The Hall–Kier alpha value is -2.31. The molecule has 1 aliphatic rings. The van der Waals surface area contributed by atoms with E-state index in [9.17, 15) is 18.0 Å². The lowest BCUT2D eigenvalue weighted by Crippen LogP contribution is -2.35. The molecule has 0 atom stereocenters. The highest BCUT2D eigenvalue weighted by atomic mass is 32.1. The fourth-order valence-electron chi connectivity index (χ4n) is 2.66. The van der Waals surface area contributed by atoms with Crippen molar-refractivity contribution in [2.24, 2.45) is 0 Å². The molecule has 1 saturated heterocycles. The number of amides is 1. The summed E-state index contributed by atoms with van der Waals surface area (Å²) in [7, 11) is 3.75. The van der Waals surface area contributed by atoms with Crippen molar-refractivity contribution in [3.05, 3.63) is 28.3 Å². The normalized spacial score (nSPS) is 13.8. The van der Waals surface area contributed by atoms with Gasteiger partial charge in [-0.25, -0.2) is 0 Å². The molecule has 0 aliphatic carbocycles. The SMILES string of the molecule is C#C.CNC.Cc1c(-c2ccc(C(=O)N3CCCCC3)s2)noc1C(F)(F)F. The minimum absolute atomic E-state index is 0.0590. The van der Waals surface area contributed by atoms with E-state index in [-0.39, 0.29) is 17.2 Å². The lowest BCUT2D eigenvalue weighted by Gasteiger charge is -2.26. The van der Waals surface area contributed by atoms with Gasteiger partial charge in [-0.15, -0.1) is 24.2 Å². The van der Waals surface area contributed by atoms with Gasteiger partial charge in [-0.05, 0) is 52.4 Å². The van der Waals surface area contributed by atoms with E-state index < -0.39 is 11.9 Å². The van der Waals surface area contributed by atoms with Crippen LogP contribution in [0.3, 0.4) is 0 Å². The fourth-order valence-corrected chi connectivity index (χ4v) is 3.68. The first-order chi connectivity index (χ1) is 13.3. The van der Waals surface area contributed by atoms with Crippen molar-refractivity contribution in [3.63, 3.8) is 0 Å². The Balaban J connectivity index is 0.000000717. The summed E-state index contributed by atoms with van der Waals surface area (Å²) in [6.45, 7) is 2.78. The number of hydrogen-bond acceptors (Lipinski definition) is 5. The number of piperidine rings is 1. The molecule has 1 aliphatic heterocycles. The number of hydrogen-bond donors (Lipinski definition) is 1. The zero-order valence-electron chi connectivity index (χ0n) is 16.1. The van der Waals surface area contributed by atoms with E-state index in [1.165, 1.54) is 6.92 Å². The fraction of sp³-hybridized carbons (Fsp3) is 0.474. The zero-order valence-corrected chi connectivity index (χ0v) is 16.9. The molecular formula is C19H24F3N3O2S. The predicted octanol–water partition coefficient (Wildman–Crippen LogP) is 4.44. The van der Waals surface area contributed by atoms with Crippen molar-refractivity contribution in [2.75, 3.05) is 27.2 Å². The highest BCUT2D eigenvalue weighted by molar-refractivity contribution is 7.17. The molecule has 5 nitrogen and oxygen atoms in total. The molecule has 3 rings (SSSR count). The van der Waals surface area contributed by atoms with Crippen LogP contribution in [0.2, 0.25) is 0 Å². The molecule has 0 radical (unpaired) electrons. The number of halogens is 3. The number of alkyl halides is 3. The third kappa shape index (κ3) is 5.84. The van der Waals surface area contributed by atoms with Gasteiger partial charge in [0, 0.05) is 18.7 Å². The van der Waals surface area contributed by atoms with Crippen LogP contribution in [0, 0.1) is 19.8 Å². The van der Waals surface area contributed by atoms with E-state index in [0.29, 0.717) is 9.75 Å². The molecular weight excluding hydrogens is 391 g/mol. The number of nitrogens with one attached hydrogen (secondary N) is 1. The Labute approximate surface area is 166 Å². The first-order valence-corrected chi connectivity index (χ1v) is 9.46. The Morgan fingerprint density at radius 2 is 1.79 bits per heavy atom. The molecule has 0 bridgehead atoms. The van der Waals surface area contributed by atoms with Crippen molar-refractivity contribution in [3.8, 4) is 23.4 Å². The Morgan fingerprint density at radius 1 is 1.21 bits per heavy atom. The molecule has 0 unspecified atom stereocenters. The Kier molecular flexibility index (Phi) is 9.22. The summed E-state index contributed by atoms with van der Waals surface area (Å²) in [4.78, 5) is 15.2. The second-order valence-corrected chi connectivity index (χ2v) is 7.08. The molecule has 1 amide bonds. The van der Waals surface area contributed by atoms with Crippen LogP contribution in [0.1, 0.15) is 40.3 Å². The summed E-state index contributed by atoms with van der Waals surface area (Å²) in [6.07, 6.45) is 6.53. The van der Waals surface area contributed by atoms with Crippen LogP contribution in [0.25, 0.3) is 10.6 Å². The van der Waals surface area contributed by atoms with Crippen LogP contribution >= 0.6 is 11.3 Å². The molecule has 1 fully saturated rings. The summed E-state index contributed by atoms with van der Waals surface area (Å²) in [5.41, 5.74) is 0.0799. The first-order valence-electron chi connectivity index (χ1n) is 8.64. The van der Waals surface area contributed by atoms with Gasteiger partial charge in [0.25, 0.3) is 5.91 Å². The molecule has 3 heterocycles. The summed E-state index contributed by atoms with van der Waals surface area (Å²) in [6, 6.07) is 3.26. The lowest BCUT2D eigenvalue weighted by molar-refractivity contribution is -0.156. The highest BCUT2D eigenvalue weighted by Gasteiger charge is 2.39. The second kappa shape index (κ2) is 10.9. The standard InChI is InChI=1S/C15H15F3N2O2S.C2H7N.C2H2/c1-9-12(19-22-13(9)15(16,17)18)10-5-6-11(23-10)14(21)20-7-3-2-4-8-20;1-3-2;1-2/h5-6H,2-4,7-8H2,1H3;3H,1-2H3;1-2H. The summed E-state index contributed by atoms with van der Waals surface area (Å²) < 4.78 is 42.7. The van der Waals surface area contributed by atoms with Crippen molar-refractivity contribution in [2.45, 2.75) is 32.4 Å². The molecule has 2 aromatic rings. The lowest BCUT2D eigenvalue weighted by atomic mass is 10.1. The monoisotopic (exact) mass is 415 g/mol. The van der Waals surface area contributed by atoms with Gasteiger partial charge < -0.3 is 14.7 Å². The molecule has 0 saturated carbocycles. The van der Waals surface area contributed by atoms with Gasteiger partial charge >= 0.3 is 6.18 Å². The number of aromatic nitrogens is 1. The van der Waals surface area contributed by atoms with Gasteiger partial charge in [-0.3, -0.25) is 4.79 Å². The van der Waals surface area contributed by atoms with Crippen LogP contribution in [0.4, 0.5) is 13.2 Å². The van der Waals surface area contributed by atoms with Crippen molar-refractivity contribution in [1.29, 1.82) is 0 Å². The molecule has 0 spiro atoms. The number of carbonyl (C=O) groups excluding carboxylic acids is 1. The van der Waals surface area contributed by atoms with Gasteiger partial charge in [0.2, 0.25) is 5.76 Å². The minimum atomic E-state index is -4.57. The van der Waals surface area contributed by atoms with E-state index in [1.807, 2.05) is 14.1 Å². The molecule has 9 heteroatoms. The maximum Gasteiger partial charge on any atom is 0.452 e. The predicted molar refractivity (Wildman–Crippen MR) is 104 cm³/mol. The quantitative estimate of drug-likeness (QED) is 0.737. The summed E-state index contributed by atoms with van der Waals surface area (Å²) >= 11 is 1.14. The second-order valence-electron chi connectivity index (χ2n) is 6.00. The number of terminal acetylenes is 1. The topological polar surface area (TPSA) is 58.4 Å². The third-order valence-electron chi connectivity index (χ3n) is 3.87. The maximum atomic E-state index is 12.8. The number of likely N-dealkylation sites (tertiary alicyclic amines) is 1. The summed E-state index contributed by atoms with van der Waals surface area (Å²) in [5, 5.41) is 6.28. The van der Waals surface area contributed by atoms with Gasteiger partial charge in [0.15, 0.2) is 0 Å². The number of carbonyl (C=O) groups is 1. The average molecular weight is 415 g/mol. The van der Waals surface area contributed by atoms with Crippen molar-refractivity contribution < 1.29 is 22.5 Å². The van der Waals surface area contributed by atoms with Crippen LogP contribution < -0.4 is 5.32 Å². The average Bonchev–Trinajstić information content (AvgIpc) is 3.30. The van der Waals surface area contributed by atoms with Gasteiger partial charge in [-0.2, -0.15) is 13.2 Å². The van der Waals surface area contributed by atoms with Crippen molar-refractivity contribution >= 4 is 17.2 Å². The van der Waals surface area contributed by atoms with Crippen LogP contribution in [0.5, 0.6) is 0 Å². The van der Waals surface area contributed by atoms with E-state index in [1.54, 1.807) is 17.0 Å². The van der Waals surface area contributed by atoms with E-state index in [2.05, 4.69) is 27.8 Å². The van der Waals surface area contributed by atoms with Gasteiger partial charge in [-0.1, -0.05) is 5.16 Å². The zero-order chi connectivity index (χ0) is 21.3. The van der Waals surface area contributed by atoms with Crippen LogP contribution in [0.15, 0.2) is 16.7 Å². The molecule has 28 heavy (non-hydrogen) atoms. The maximum absolute atomic E-state index is 12.8. The molecule has 1 N–H and O–H groups in total. The third-order valence-corrected chi connectivity index (χ3v) is 4.95. The number of rotatable bonds is 2. The van der Waals surface area contributed by atoms with E-state index in [4.69, 9.17) is 0 Å². The Bertz CT molecular complexity index is 775. The number of thiophene rings is 1.